The summed E-state index contributed by atoms with van der Waals surface area (Å²) in [5, 5.41) is 3.35. The molecule has 2 unspecified atom stereocenters. The molecule has 1 saturated heterocycles. The summed E-state index contributed by atoms with van der Waals surface area (Å²) in [5.41, 5.74) is 0.812. The Morgan fingerprint density at radius 3 is 2.44 bits per heavy atom. The summed E-state index contributed by atoms with van der Waals surface area (Å²) in [6.45, 7) is 1.80. The maximum Gasteiger partial charge on any atom is 0.573 e. The van der Waals surface area contributed by atoms with Crippen LogP contribution in [0.3, 0.4) is 0 Å². The van der Waals surface area contributed by atoms with Gasteiger partial charge < -0.3 is 14.8 Å². The van der Waals surface area contributed by atoms with E-state index in [1.54, 1.807) is 6.20 Å². The van der Waals surface area contributed by atoms with Gasteiger partial charge in [-0.15, -0.1) is 13.2 Å². The second-order valence-corrected chi connectivity index (χ2v) is 5.92. The summed E-state index contributed by atoms with van der Waals surface area (Å²) < 4.78 is 46.7. The molecule has 0 amide bonds. The van der Waals surface area contributed by atoms with Gasteiger partial charge in [0.1, 0.15) is 17.6 Å². The van der Waals surface area contributed by atoms with Gasteiger partial charge in [0, 0.05) is 18.7 Å². The van der Waals surface area contributed by atoms with Crippen LogP contribution < -0.4 is 14.8 Å². The van der Waals surface area contributed by atoms with E-state index in [1.807, 2.05) is 18.2 Å². The van der Waals surface area contributed by atoms with Crippen molar-refractivity contribution in [1.29, 1.82) is 0 Å². The lowest BCUT2D eigenvalue weighted by atomic mass is 9.91. The van der Waals surface area contributed by atoms with Gasteiger partial charge in [-0.25, -0.2) is 0 Å². The number of rotatable bonds is 5. The van der Waals surface area contributed by atoms with Crippen molar-refractivity contribution in [3.05, 3.63) is 54.4 Å². The zero-order chi connectivity index (χ0) is 17.7. The molecule has 1 aromatic carbocycles. The lowest BCUT2D eigenvalue weighted by Gasteiger charge is -2.30. The second kappa shape index (κ2) is 7.74. The maximum atomic E-state index is 12.2. The van der Waals surface area contributed by atoms with Crippen LogP contribution in [-0.4, -0.2) is 24.4 Å². The summed E-state index contributed by atoms with van der Waals surface area (Å²) in [5.74, 6) is 0.457. The normalized spacial score (nSPS) is 19.2. The molecule has 4 nitrogen and oxygen atoms in total. The fourth-order valence-corrected chi connectivity index (χ4v) is 2.95. The molecular formula is C18H19F3N2O2. The predicted molar refractivity (Wildman–Crippen MR) is 86.3 cm³/mol. The second-order valence-electron chi connectivity index (χ2n) is 5.92. The molecule has 0 radical (unpaired) electrons. The van der Waals surface area contributed by atoms with Crippen molar-refractivity contribution in [2.45, 2.75) is 25.3 Å². The lowest BCUT2D eigenvalue weighted by Crippen LogP contribution is -2.35. The molecule has 0 bridgehead atoms. The van der Waals surface area contributed by atoms with Crippen LogP contribution in [0.1, 0.15) is 24.6 Å². The Hall–Kier alpha value is -2.28. The molecule has 3 rings (SSSR count). The molecule has 134 valence electrons. The van der Waals surface area contributed by atoms with Crippen molar-refractivity contribution in [2.75, 3.05) is 13.1 Å². The molecule has 2 heterocycles. The van der Waals surface area contributed by atoms with Gasteiger partial charge in [-0.3, -0.25) is 4.98 Å². The molecule has 0 saturated carbocycles. The average molecular weight is 352 g/mol. The summed E-state index contributed by atoms with van der Waals surface area (Å²) in [6, 6.07) is 11.1. The van der Waals surface area contributed by atoms with Crippen LogP contribution in [-0.2, 0) is 0 Å². The van der Waals surface area contributed by atoms with E-state index in [4.69, 9.17) is 4.74 Å². The molecule has 7 heteroatoms. The first kappa shape index (κ1) is 17.5. The van der Waals surface area contributed by atoms with E-state index in [9.17, 15) is 13.2 Å². The van der Waals surface area contributed by atoms with E-state index in [0.29, 0.717) is 5.75 Å². The highest BCUT2D eigenvalue weighted by Crippen LogP contribution is 2.32. The highest BCUT2D eigenvalue weighted by atomic mass is 19.4. The zero-order valence-corrected chi connectivity index (χ0v) is 13.5. The molecule has 1 N–H and O–H groups in total. The van der Waals surface area contributed by atoms with Crippen LogP contribution in [0.5, 0.6) is 11.5 Å². The lowest BCUT2D eigenvalue weighted by molar-refractivity contribution is -0.274. The molecule has 2 atom stereocenters. The number of nitrogens with zero attached hydrogens (tertiary/aromatic N) is 1. The van der Waals surface area contributed by atoms with Gasteiger partial charge in [0.05, 0.1) is 5.69 Å². The van der Waals surface area contributed by atoms with Crippen molar-refractivity contribution in [2.24, 2.45) is 5.92 Å². The van der Waals surface area contributed by atoms with E-state index in [0.717, 1.165) is 31.6 Å². The number of nitrogens with one attached hydrogen (secondary N) is 1. The molecule has 2 aromatic rings. The molecule has 1 fully saturated rings. The van der Waals surface area contributed by atoms with E-state index >= 15 is 0 Å². The first-order valence-corrected chi connectivity index (χ1v) is 8.15. The highest BCUT2D eigenvalue weighted by molar-refractivity contribution is 5.32. The molecule has 0 aliphatic carbocycles. The monoisotopic (exact) mass is 352 g/mol. The van der Waals surface area contributed by atoms with Crippen LogP contribution >= 0.6 is 0 Å². The number of alkyl halides is 3. The maximum absolute atomic E-state index is 12.2. The average Bonchev–Trinajstić information content (AvgIpc) is 2.61. The number of aromatic nitrogens is 1. The summed E-state index contributed by atoms with van der Waals surface area (Å²) in [7, 11) is 0. The Bertz CT molecular complexity index is 656. The van der Waals surface area contributed by atoms with Gasteiger partial charge in [-0.1, -0.05) is 6.07 Å². The van der Waals surface area contributed by atoms with Crippen molar-refractivity contribution >= 4 is 0 Å². The number of pyridine rings is 1. The van der Waals surface area contributed by atoms with Gasteiger partial charge in [0.15, 0.2) is 0 Å². The van der Waals surface area contributed by atoms with E-state index < -0.39 is 6.36 Å². The van der Waals surface area contributed by atoms with Gasteiger partial charge in [0.2, 0.25) is 0 Å². The van der Waals surface area contributed by atoms with E-state index in [2.05, 4.69) is 15.0 Å². The van der Waals surface area contributed by atoms with Gasteiger partial charge >= 0.3 is 6.36 Å². The number of hydrogen-bond donors (Lipinski definition) is 1. The molecule has 25 heavy (non-hydrogen) atoms. The predicted octanol–water partition coefficient (Wildman–Crippen LogP) is 4.10. The topological polar surface area (TPSA) is 43.4 Å². The highest BCUT2D eigenvalue weighted by Gasteiger charge is 2.31. The third-order valence-corrected chi connectivity index (χ3v) is 4.06. The van der Waals surface area contributed by atoms with Crippen LogP contribution in [0.15, 0.2) is 48.7 Å². The SMILES string of the molecule is FC(F)(F)Oc1ccc(OC(c2ccccn2)C2CCCNC2)cc1. The fraction of sp³-hybridized carbons (Fsp3) is 0.389. The largest absolute Gasteiger partial charge is 0.573 e. The summed E-state index contributed by atoms with van der Waals surface area (Å²) >= 11 is 0. The fourth-order valence-electron chi connectivity index (χ4n) is 2.95. The van der Waals surface area contributed by atoms with Crippen molar-refractivity contribution in [1.82, 2.24) is 10.3 Å². The molecule has 0 spiro atoms. The van der Waals surface area contributed by atoms with Crippen molar-refractivity contribution < 1.29 is 22.6 Å². The van der Waals surface area contributed by atoms with Crippen LogP contribution in [0.4, 0.5) is 13.2 Å². The van der Waals surface area contributed by atoms with Crippen LogP contribution in [0.25, 0.3) is 0 Å². The third kappa shape index (κ3) is 5.09. The molecule has 1 aliphatic rings. The Balaban J connectivity index is 1.75. The Morgan fingerprint density at radius 1 is 1.08 bits per heavy atom. The van der Waals surface area contributed by atoms with Crippen LogP contribution in [0.2, 0.25) is 0 Å². The molecular weight excluding hydrogens is 333 g/mol. The number of halogens is 3. The summed E-state index contributed by atoms with van der Waals surface area (Å²) in [4.78, 5) is 4.39. The number of piperidine rings is 1. The Morgan fingerprint density at radius 2 is 1.84 bits per heavy atom. The first-order chi connectivity index (χ1) is 12.0. The molecule has 1 aromatic heterocycles. The quantitative estimate of drug-likeness (QED) is 0.880. The molecule has 1 aliphatic heterocycles. The first-order valence-electron chi connectivity index (χ1n) is 8.15. The standard InChI is InChI=1S/C18H19F3N2O2/c19-18(20,21)25-15-8-6-14(7-9-15)24-17(13-4-3-10-22-12-13)16-5-1-2-11-23-16/h1-2,5-9,11,13,17,22H,3-4,10,12H2. The number of hydrogen-bond acceptors (Lipinski definition) is 4. The van der Waals surface area contributed by atoms with Crippen molar-refractivity contribution in [3.63, 3.8) is 0 Å². The minimum absolute atomic E-state index is 0.245. The number of ether oxygens (including phenoxy) is 2. The van der Waals surface area contributed by atoms with E-state index in [-0.39, 0.29) is 17.8 Å². The minimum atomic E-state index is -4.70. The van der Waals surface area contributed by atoms with Crippen molar-refractivity contribution in [3.8, 4) is 11.5 Å². The zero-order valence-electron chi connectivity index (χ0n) is 13.5. The third-order valence-electron chi connectivity index (χ3n) is 4.06. The summed E-state index contributed by atoms with van der Waals surface area (Å²) in [6.07, 6.45) is -1.20. The van der Waals surface area contributed by atoms with Crippen LogP contribution in [0, 0.1) is 5.92 Å². The van der Waals surface area contributed by atoms with Gasteiger partial charge in [0.25, 0.3) is 0 Å². The Labute approximate surface area is 144 Å². The van der Waals surface area contributed by atoms with E-state index in [1.165, 1.54) is 24.3 Å². The minimum Gasteiger partial charge on any atom is -0.484 e. The smallest absolute Gasteiger partial charge is 0.484 e. The van der Waals surface area contributed by atoms with Gasteiger partial charge in [-0.2, -0.15) is 0 Å². The number of benzene rings is 1. The van der Waals surface area contributed by atoms with Gasteiger partial charge in [-0.05, 0) is 55.8 Å². The Kier molecular flexibility index (Phi) is 5.43.